The van der Waals surface area contributed by atoms with Crippen LogP contribution >= 0.6 is 0 Å². The summed E-state index contributed by atoms with van der Waals surface area (Å²) in [6.07, 6.45) is 0. The van der Waals surface area contributed by atoms with E-state index in [1.807, 2.05) is 37.3 Å². The van der Waals surface area contributed by atoms with Gasteiger partial charge < -0.3 is 15.0 Å². The zero-order valence-corrected chi connectivity index (χ0v) is 17.4. The molecule has 29 heavy (non-hydrogen) atoms. The van der Waals surface area contributed by atoms with Crippen LogP contribution in [0.2, 0.25) is 0 Å². The molecule has 1 heterocycles. The quantitative estimate of drug-likeness (QED) is 0.710. The lowest BCUT2D eigenvalue weighted by Crippen LogP contribution is -2.50. The summed E-state index contributed by atoms with van der Waals surface area (Å²) in [6, 6.07) is 16.9. The highest BCUT2D eigenvalue weighted by atomic mass is 32.2. The summed E-state index contributed by atoms with van der Waals surface area (Å²) >= 11 is 0. The van der Waals surface area contributed by atoms with Gasteiger partial charge in [-0.1, -0.05) is 30.3 Å². The SMILES string of the molecule is CCOc1ccccc1C(=O)NCCS(=O)(=O)N1CCN(c2ccccc2)CC1. The van der Waals surface area contributed by atoms with Crippen molar-refractivity contribution in [3.8, 4) is 5.75 Å². The summed E-state index contributed by atoms with van der Waals surface area (Å²) < 4.78 is 32.3. The fourth-order valence-electron chi connectivity index (χ4n) is 3.32. The first-order valence-electron chi connectivity index (χ1n) is 9.79. The Morgan fingerprint density at radius 3 is 2.34 bits per heavy atom. The van der Waals surface area contributed by atoms with Crippen molar-refractivity contribution in [1.29, 1.82) is 0 Å². The van der Waals surface area contributed by atoms with Crippen LogP contribution < -0.4 is 15.0 Å². The predicted molar refractivity (Wildman–Crippen MR) is 114 cm³/mol. The third-order valence-corrected chi connectivity index (χ3v) is 6.70. The van der Waals surface area contributed by atoms with Gasteiger partial charge in [0.1, 0.15) is 5.75 Å². The van der Waals surface area contributed by atoms with Gasteiger partial charge in [0.25, 0.3) is 5.91 Å². The number of carbonyl (C=O) groups excluding carboxylic acids is 1. The van der Waals surface area contributed by atoms with E-state index in [9.17, 15) is 13.2 Å². The van der Waals surface area contributed by atoms with Gasteiger partial charge in [0.15, 0.2) is 0 Å². The van der Waals surface area contributed by atoms with Crippen molar-refractivity contribution in [3.05, 3.63) is 60.2 Å². The largest absolute Gasteiger partial charge is 0.493 e. The molecule has 1 aliphatic rings. The zero-order chi connectivity index (χ0) is 20.7. The van der Waals surface area contributed by atoms with E-state index in [1.165, 1.54) is 4.31 Å². The molecule has 0 aromatic heterocycles. The number of nitrogens with one attached hydrogen (secondary N) is 1. The van der Waals surface area contributed by atoms with Crippen LogP contribution in [0.5, 0.6) is 5.75 Å². The highest BCUT2D eigenvalue weighted by molar-refractivity contribution is 7.89. The van der Waals surface area contributed by atoms with E-state index in [-0.39, 0.29) is 18.2 Å². The predicted octanol–water partition coefficient (Wildman–Crippen LogP) is 1.97. The van der Waals surface area contributed by atoms with Gasteiger partial charge in [-0.15, -0.1) is 0 Å². The number of anilines is 1. The molecule has 0 aliphatic carbocycles. The Labute approximate surface area is 172 Å². The first kappa shape index (κ1) is 21.1. The van der Waals surface area contributed by atoms with Crippen molar-refractivity contribution in [2.75, 3.05) is 50.0 Å². The fraction of sp³-hybridized carbons (Fsp3) is 0.381. The normalized spacial score (nSPS) is 15.1. The maximum Gasteiger partial charge on any atom is 0.255 e. The van der Waals surface area contributed by atoms with Crippen LogP contribution in [0.1, 0.15) is 17.3 Å². The summed E-state index contributed by atoms with van der Waals surface area (Å²) in [7, 11) is -3.43. The number of hydrogen-bond donors (Lipinski definition) is 1. The molecule has 1 saturated heterocycles. The Kier molecular flexibility index (Phi) is 7.11. The van der Waals surface area contributed by atoms with E-state index in [1.54, 1.807) is 24.3 Å². The average Bonchev–Trinajstić information content (AvgIpc) is 2.75. The molecular formula is C21H27N3O4S. The molecule has 8 heteroatoms. The molecule has 0 bridgehead atoms. The lowest BCUT2D eigenvalue weighted by molar-refractivity contribution is 0.0952. The number of rotatable bonds is 8. The molecule has 1 aliphatic heterocycles. The molecular weight excluding hydrogens is 390 g/mol. The zero-order valence-electron chi connectivity index (χ0n) is 16.6. The van der Waals surface area contributed by atoms with Crippen molar-refractivity contribution in [1.82, 2.24) is 9.62 Å². The van der Waals surface area contributed by atoms with Crippen molar-refractivity contribution in [2.24, 2.45) is 0 Å². The fourth-order valence-corrected chi connectivity index (χ4v) is 4.65. The molecule has 0 spiro atoms. The smallest absolute Gasteiger partial charge is 0.255 e. The molecule has 1 amide bonds. The first-order valence-corrected chi connectivity index (χ1v) is 11.4. The number of benzene rings is 2. The molecule has 0 unspecified atom stereocenters. The summed E-state index contributed by atoms with van der Waals surface area (Å²) in [4.78, 5) is 14.6. The van der Waals surface area contributed by atoms with Crippen molar-refractivity contribution in [3.63, 3.8) is 0 Å². The minimum absolute atomic E-state index is 0.0561. The van der Waals surface area contributed by atoms with Crippen LogP contribution in [0, 0.1) is 0 Å². The van der Waals surface area contributed by atoms with Crippen LogP contribution in [0.25, 0.3) is 0 Å². The van der Waals surface area contributed by atoms with Crippen LogP contribution in [0.4, 0.5) is 5.69 Å². The molecule has 0 saturated carbocycles. The molecule has 156 valence electrons. The second-order valence-electron chi connectivity index (χ2n) is 6.72. The van der Waals surface area contributed by atoms with E-state index in [0.717, 1.165) is 5.69 Å². The van der Waals surface area contributed by atoms with Crippen molar-refractivity contribution < 1.29 is 17.9 Å². The summed E-state index contributed by atoms with van der Waals surface area (Å²) in [5, 5.41) is 2.69. The number of hydrogen-bond acceptors (Lipinski definition) is 5. The van der Waals surface area contributed by atoms with Gasteiger partial charge in [-0.25, -0.2) is 8.42 Å². The lowest BCUT2D eigenvalue weighted by Gasteiger charge is -2.35. The molecule has 7 nitrogen and oxygen atoms in total. The highest BCUT2D eigenvalue weighted by Gasteiger charge is 2.27. The van der Waals surface area contributed by atoms with E-state index >= 15 is 0 Å². The number of ether oxygens (including phenoxy) is 1. The van der Waals surface area contributed by atoms with E-state index in [4.69, 9.17) is 4.74 Å². The molecule has 0 radical (unpaired) electrons. The maximum atomic E-state index is 12.6. The lowest BCUT2D eigenvalue weighted by atomic mass is 10.2. The third kappa shape index (κ3) is 5.48. The minimum atomic E-state index is -3.43. The van der Waals surface area contributed by atoms with Crippen LogP contribution in [0.15, 0.2) is 54.6 Å². The van der Waals surface area contributed by atoms with E-state index in [0.29, 0.717) is 44.1 Å². The molecule has 1 N–H and O–H groups in total. The number of amides is 1. The second kappa shape index (κ2) is 9.76. The maximum absolute atomic E-state index is 12.6. The number of sulfonamides is 1. The topological polar surface area (TPSA) is 78.9 Å². The second-order valence-corrected chi connectivity index (χ2v) is 8.81. The van der Waals surface area contributed by atoms with Crippen molar-refractivity contribution in [2.45, 2.75) is 6.92 Å². The first-order chi connectivity index (χ1) is 14.0. The Balaban J connectivity index is 1.50. The minimum Gasteiger partial charge on any atom is -0.493 e. The number of para-hydroxylation sites is 2. The van der Waals surface area contributed by atoms with Crippen LogP contribution in [-0.2, 0) is 10.0 Å². The van der Waals surface area contributed by atoms with Gasteiger partial charge >= 0.3 is 0 Å². The summed E-state index contributed by atoms with van der Waals surface area (Å²) in [5.41, 5.74) is 1.51. The number of piperazine rings is 1. The highest BCUT2D eigenvalue weighted by Crippen LogP contribution is 2.18. The third-order valence-electron chi connectivity index (χ3n) is 4.83. The Bertz CT molecular complexity index is 911. The van der Waals surface area contributed by atoms with Gasteiger partial charge in [0, 0.05) is 38.4 Å². The van der Waals surface area contributed by atoms with Gasteiger partial charge in [0.05, 0.1) is 17.9 Å². The Morgan fingerprint density at radius 1 is 1.00 bits per heavy atom. The van der Waals surface area contributed by atoms with Gasteiger partial charge in [-0.2, -0.15) is 4.31 Å². The number of nitrogens with zero attached hydrogens (tertiary/aromatic N) is 2. The van der Waals surface area contributed by atoms with E-state index in [2.05, 4.69) is 10.2 Å². The monoisotopic (exact) mass is 417 g/mol. The van der Waals surface area contributed by atoms with E-state index < -0.39 is 10.0 Å². The van der Waals surface area contributed by atoms with Crippen LogP contribution in [0.3, 0.4) is 0 Å². The van der Waals surface area contributed by atoms with Gasteiger partial charge in [0.2, 0.25) is 10.0 Å². The average molecular weight is 418 g/mol. The van der Waals surface area contributed by atoms with Gasteiger partial charge in [-0.05, 0) is 31.2 Å². The summed E-state index contributed by atoms with van der Waals surface area (Å²) in [5.74, 6) is 0.0338. The Morgan fingerprint density at radius 2 is 1.66 bits per heavy atom. The van der Waals surface area contributed by atoms with Crippen molar-refractivity contribution >= 4 is 21.6 Å². The standard InChI is InChI=1S/C21H27N3O4S/c1-2-28-20-11-7-6-10-19(20)21(25)22-12-17-29(26,27)24-15-13-23(14-16-24)18-8-4-3-5-9-18/h3-11H,2,12-17H2,1H3,(H,22,25). The Hall–Kier alpha value is -2.58. The molecule has 2 aromatic carbocycles. The summed E-state index contributed by atoms with van der Waals surface area (Å²) in [6.45, 7) is 4.54. The van der Waals surface area contributed by atoms with Crippen LogP contribution in [-0.4, -0.2) is 63.7 Å². The molecule has 3 rings (SSSR count). The number of carbonyl (C=O) groups is 1. The van der Waals surface area contributed by atoms with Gasteiger partial charge in [-0.3, -0.25) is 4.79 Å². The molecule has 2 aromatic rings. The molecule has 1 fully saturated rings. The molecule has 0 atom stereocenters.